The van der Waals surface area contributed by atoms with E-state index >= 15 is 0 Å². The van der Waals surface area contributed by atoms with E-state index in [0.29, 0.717) is 52.2 Å². The van der Waals surface area contributed by atoms with Crippen LogP contribution in [0.1, 0.15) is 63.2 Å². The Bertz CT molecular complexity index is 1880. The topological polar surface area (TPSA) is 113 Å². The molecule has 0 N–H and O–H groups in total. The predicted octanol–water partition coefficient (Wildman–Crippen LogP) is 6.22. The van der Waals surface area contributed by atoms with Crippen molar-refractivity contribution >= 4 is 34.2 Å². The predicted molar refractivity (Wildman–Crippen MR) is 172 cm³/mol. The van der Waals surface area contributed by atoms with Crippen LogP contribution in [0.4, 0.5) is 14.5 Å². The first-order chi connectivity index (χ1) is 22.5. The second-order valence-electron chi connectivity index (χ2n) is 13.4. The highest BCUT2D eigenvalue weighted by Crippen LogP contribution is 2.44. The van der Waals surface area contributed by atoms with Gasteiger partial charge >= 0.3 is 0 Å². The van der Waals surface area contributed by atoms with E-state index < -0.39 is 5.92 Å². The second kappa shape index (κ2) is 12.1. The lowest BCUT2D eigenvalue weighted by molar-refractivity contribution is -0.131. The van der Waals surface area contributed by atoms with Gasteiger partial charge in [-0.3, -0.25) is 14.6 Å². The SMILES string of the molecule is CC(C)Cc1nc2c(cnn2[C@@H]2CCN(C3CC(F)(F)C3)C[C@H]2C)c(-c2ccc3c(c2)OCC(=O)N3Cc2ncc(Cl)cn2)c1C#N. The molecule has 0 radical (unpaired) electrons. The van der Waals surface area contributed by atoms with Crippen molar-refractivity contribution in [1.29, 1.82) is 5.26 Å². The number of nitriles is 1. The highest BCUT2D eigenvalue weighted by Gasteiger charge is 2.49. The van der Waals surface area contributed by atoms with Crippen LogP contribution in [0.15, 0.2) is 36.8 Å². The third-order valence-electron chi connectivity index (χ3n) is 9.49. The normalized spacial score (nSPS) is 21.4. The molecule has 0 bridgehead atoms. The van der Waals surface area contributed by atoms with Crippen molar-refractivity contribution in [2.45, 2.75) is 71.0 Å². The molecule has 1 saturated carbocycles. The number of likely N-dealkylation sites (tertiary alicyclic amines) is 1. The van der Waals surface area contributed by atoms with Gasteiger partial charge in [0.05, 0.1) is 40.8 Å². The van der Waals surface area contributed by atoms with Crippen LogP contribution < -0.4 is 9.64 Å². The quantitative estimate of drug-likeness (QED) is 0.230. The molecule has 3 aromatic heterocycles. The lowest BCUT2D eigenvalue weighted by atomic mass is 9.83. The van der Waals surface area contributed by atoms with E-state index in [4.69, 9.17) is 26.4 Å². The number of ether oxygens (including phenoxy) is 1. The molecule has 1 aliphatic carbocycles. The van der Waals surface area contributed by atoms with Crippen molar-refractivity contribution in [3.63, 3.8) is 0 Å². The van der Waals surface area contributed by atoms with Gasteiger partial charge in [0, 0.05) is 55.3 Å². The van der Waals surface area contributed by atoms with Gasteiger partial charge in [-0.05, 0) is 42.4 Å². The van der Waals surface area contributed by atoms with Gasteiger partial charge in [-0.15, -0.1) is 0 Å². The van der Waals surface area contributed by atoms with E-state index in [-0.39, 0.29) is 55.8 Å². The number of hydrogen-bond donors (Lipinski definition) is 0. The van der Waals surface area contributed by atoms with Gasteiger partial charge in [0.15, 0.2) is 12.3 Å². The molecule has 13 heteroatoms. The van der Waals surface area contributed by atoms with Gasteiger partial charge in [0.25, 0.3) is 11.8 Å². The zero-order chi connectivity index (χ0) is 33.0. The molecule has 5 heterocycles. The maximum absolute atomic E-state index is 13.6. The van der Waals surface area contributed by atoms with Crippen LogP contribution in [-0.4, -0.2) is 67.2 Å². The average molecular weight is 661 g/mol. The number of pyridine rings is 1. The van der Waals surface area contributed by atoms with Gasteiger partial charge in [0.2, 0.25) is 0 Å². The maximum Gasteiger partial charge on any atom is 0.265 e. The number of carbonyl (C=O) groups is 1. The van der Waals surface area contributed by atoms with E-state index in [2.05, 4.69) is 41.7 Å². The molecule has 1 amide bonds. The molecule has 3 aliphatic rings. The van der Waals surface area contributed by atoms with Crippen LogP contribution >= 0.6 is 11.6 Å². The number of nitrogens with zero attached hydrogens (tertiary/aromatic N) is 8. The van der Waals surface area contributed by atoms with Gasteiger partial charge in [-0.25, -0.2) is 28.4 Å². The number of piperidine rings is 1. The van der Waals surface area contributed by atoms with Crippen molar-refractivity contribution in [2.24, 2.45) is 11.8 Å². The number of amides is 1. The summed E-state index contributed by atoms with van der Waals surface area (Å²) in [4.78, 5) is 30.2. The number of anilines is 1. The molecule has 47 heavy (non-hydrogen) atoms. The summed E-state index contributed by atoms with van der Waals surface area (Å²) in [5.74, 6) is -1.40. The molecule has 2 fully saturated rings. The number of aromatic nitrogens is 5. The Balaban J connectivity index is 1.26. The Morgan fingerprint density at radius 1 is 1.19 bits per heavy atom. The van der Waals surface area contributed by atoms with Crippen molar-refractivity contribution in [1.82, 2.24) is 29.6 Å². The first-order valence-electron chi connectivity index (χ1n) is 16.0. The highest BCUT2D eigenvalue weighted by molar-refractivity contribution is 6.30. The van der Waals surface area contributed by atoms with E-state index in [1.165, 1.54) is 12.4 Å². The summed E-state index contributed by atoms with van der Waals surface area (Å²) in [6.07, 6.45) is 5.99. The number of hydrogen-bond acceptors (Lipinski definition) is 8. The van der Waals surface area contributed by atoms with Gasteiger partial charge in [-0.2, -0.15) is 10.4 Å². The van der Waals surface area contributed by atoms with Crippen molar-refractivity contribution in [3.05, 3.63) is 58.9 Å². The molecule has 1 aromatic carbocycles. The monoisotopic (exact) mass is 660 g/mol. The van der Waals surface area contributed by atoms with Crippen molar-refractivity contribution in [2.75, 3.05) is 24.6 Å². The van der Waals surface area contributed by atoms with Crippen LogP contribution in [0, 0.1) is 23.2 Å². The number of alkyl halides is 2. The van der Waals surface area contributed by atoms with Crippen LogP contribution in [0.25, 0.3) is 22.2 Å². The molecule has 2 atom stereocenters. The Labute approximate surface area is 276 Å². The summed E-state index contributed by atoms with van der Waals surface area (Å²) in [6.45, 7) is 7.77. The summed E-state index contributed by atoms with van der Waals surface area (Å²) >= 11 is 5.95. The molecule has 4 aromatic rings. The van der Waals surface area contributed by atoms with Crippen LogP contribution in [-0.2, 0) is 17.8 Å². The minimum atomic E-state index is -2.55. The van der Waals surface area contributed by atoms with E-state index in [1.807, 2.05) is 22.9 Å². The van der Waals surface area contributed by atoms with Gasteiger partial charge in [0.1, 0.15) is 17.6 Å². The van der Waals surface area contributed by atoms with Crippen molar-refractivity contribution in [3.8, 4) is 22.9 Å². The smallest absolute Gasteiger partial charge is 0.265 e. The molecule has 0 unspecified atom stereocenters. The van der Waals surface area contributed by atoms with Crippen molar-refractivity contribution < 1.29 is 18.3 Å². The number of rotatable bonds is 7. The maximum atomic E-state index is 13.6. The number of carbonyl (C=O) groups excluding carboxylic acids is 1. The molecular weight excluding hydrogens is 626 g/mol. The number of halogens is 3. The average Bonchev–Trinajstić information content (AvgIpc) is 3.44. The Hall–Kier alpha value is -4.21. The third-order valence-corrected chi connectivity index (χ3v) is 9.68. The minimum absolute atomic E-state index is 0.0334. The molecule has 10 nitrogen and oxygen atoms in total. The first-order valence-corrected chi connectivity index (χ1v) is 16.3. The molecular formula is C34H35ClF2N8O2. The second-order valence-corrected chi connectivity index (χ2v) is 13.8. The molecule has 2 aliphatic heterocycles. The summed E-state index contributed by atoms with van der Waals surface area (Å²) in [7, 11) is 0. The zero-order valence-corrected chi connectivity index (χ0v) is 27.2. The number of benzene rings is 1. The lowest BCUT2D eigenvalue weighted by Gasteiger charge is -2.47. The van der Waals surface area contributed by atoms with E-state index in [0.717, 1.165) is 29.5 Å². The summed E-state index contributed by atoms with van der Waals surface area (Å²) < 4.78 is 35.1. The molecule has 0 spiro atoms. The fourth-order valence-electron chi connectivity index (χ4n) is 7.15. The summed E-state index contributed by atoms with van der Waals surface area (Å²) in [6, 6.07) is 7.96. The van der Waals surface area contributed by atoms with Crippen LogP contribution in [0.3, 0.4) is 0 Å². The largest absolute Gasteiger partial charge is 0.482 e. The summed E-state index contributed by atoms with van der Waals surface area (Å²) in [5.41, 5.74) is 3.93. The third kappa shape index (κ3) is 5.91. The number of fused-ring (bicyclic) bond motifs is 2. The van der Waals surface area contributed by atoms with Gasteiger partial charge in [-0.1, -0.05) is 38.4 Å². The fourth-order valence-corrected chi connectivity index (χ4v) is 7.24. The lowest BCUT2D eigenvalue weighted by Crippen LogP contribution is -2.54. The summed E-state index contributed by atoms with van der Waals surface area (Å²) in [5, 5.41) is 16.5. The standard InChI is InChI=1S/C34H35ClF2N8O2/c1-19(2)8-26-24(12-38)32(21-4-5-28-29(9-21)47-18-31(46)44(28)17-30-39-13-22(35)14-40-30)25-15-41-45(33(25)42-26)27-6-7-43(16-20(27)3)23-10-34(36,37)11-23/h4-5,9,13-15,19-20,23,27H,6-8,10-11,16-18H2,1-3H3/t20-,27-/m1/s1. The van der Waals surface area contributed by atoms with Crippen LogP contribution in [0.2, 0.25) is 5.02 Å². The highest BCUT2D eigenvalue weighted by atomic mass is 35.5. The Morgan fingerprint density at radius 2 is 1.96 bits per heavy atom. The Kier molecular flexibility index (Phi) is 8.09. The molecule has 244 valence electrons. The van der Waals surface area contributed by atoms with Gasteiger partial charge < -0.3 is 4.74 Å². The zero-order valence-electron chi connectivity index (χ0n) is 26.5. The van der Waals surface area contributed by atoms with E-state index in [1.54, 1.807) is 11.1 Å². The molecule has 7 rings (SSSR count). The van der Waals surface area contributed by atoms with E-state index in [9.17, 15) is 18.8 Å². The molecule has 1 saturated heterocycles. The van der Waals surface area contributed by atoms with Crippen LogP contribution in [0.5, 0.6) is 5.75 Å². The minimum Gasteiger partial charge on any atom is -0.482 e. The fraction of sp³-hybridized carbons (Fsp3) is 0.471. The Morgan fingerprint density at radius 3 is 2.64 bits per heavy atom. The first kappa shape index (κ1) is 31.4.